The maximum atomic E-state index is 11.3. The van der Waals surface area contributed by atoms with Crippen LogP contribution in [0.15, 0.2) is 17.5 Å². The van der Waals surface area contributed by atoms with E-state index in [0.717, 1.165) is 6.42 Å². The Morgan fingerprint density at radius 1 is 1.59 bits per heavy atom. The molecule has 1 atom stereocenters. The van der Waals surface area contributed by atoms with Crippen LogP contribution in [0.4, 0.5) is 0 Å². The predicted octanol–water partition coefficient (Wildman–Crippen LogP) is 0.896. The first-order valence-electron chi connectivity index (χ1n) is 5.23. The molecule has 1 rings (SSSR count). The summed E-state index contributed by atoms with van der Waals surface area (Å²) in [6, 6.07) is 3.96. The van der Waals surface area contributed by atoms with E-state index in [9.17, 15) is 9.59 Å². The lowest BCUT2D eigenvalue weighted by Gasteiger charge is -2.08. The van der Waals surface area contributed by atoms with Crippen LogP contribution in [0.25, 0.3) is 0 Å². The third-order valence-corrected chi connectivity index (χ3v) is 3.02. The molecule has 1 heterocycles. The SMILES string of the molecule is C[C@@H](OCC(=O)NCCc1cccs1)C(=O)O. The van der Waals surface area contributed by atoms with Gasteiger partial charge in [0, 0.05) is 11.4 Å². The number of thiophene rings is 1. The number of amides is 1. The van der Waals surface area contributed by atoms with Crippen molar-refractivity contribution < 1.29 is 19.4 Å². The quantitative estimate of drug-likeness (QED) is 0.761. The number of rotatable bonds is 7. The van der Waals surface area contributed by atoms with Gasteiger partial charge in [0.05, 0.1) is 0 Å². The molecule has 0 aromatic carbocycles. The summed E-state index contributed by atoms with van der Waals surface area (Å²) in [6.07, 6.45) is -0.184. The van der Waals surface area contributed by atoms with Gasteiger partial charge in [-0.15, -0.1) is 11.3 Å². The first-order valence-corrected chi connectivity index (χ1v) is 6.11. The summed E-state index contributed by atoms with van der Waals surface area (Å²) in [5.41, 5.74) is 0. The Kier molecular flexibility index (Phi) is 5.65. The summed E-state index contributed by atoms with van der Waals surface area (Å²) in [4.78, 5) is 22.9. The van der Waals surface area contributed by atoms with Crippen LogP contribution < -0.4 is 5.32 Å². The van der Waals surface area contributed by atoms with Crippen molar-refractivity contribution in [2.75, 3.05) is 13.2 Å². The Morgan fingerprint density at radius 2 is 2.35 bits per heavy atom. The minimum atomic E-state index is -1.07. The first kappa shape index (κ1) is 13.7. The molecule has 0 aliphatic rings. The number of ether oxygens (including phenoxy) is 1. The van der Waals surface area contributed by atoms with E-state index in [0.29, 0.717) is 6.54 Å². The number of hydrogen-bond acceptors (Lipinski definition) is 4. The molecule has 0 aliphatic heterocycles. The topological polar surface area (TPSA) is 75.6 Å². The maximum Gasteiger partial charge on any atom is 0.332 e. The van der Waals surface area contributed by atoms with Crippen molar-refractivity contribution in [2.24, 2.45) is 0 Å². The summed E-state index contributed by atoms with van der Waals surface area (Å²) >= 11 is 1.64. The molecule has 0 fully saturated rings. The van der Waals surface area contributed by atoms with Crippen molar-refractivity contribution in [2.45, 2.75) is 19.4 Å². The molecular formula is C11H15NO4S. The van der Waals surface area contributed by atoms with Crippen molar-refractivity contribution in [1.29, 1.82) is 0 Å². The van der Waals surface area contributed by atoms with Gasteiger partial charge >= 0.3 is 5.97 Å². The maximum absolute atomic E-state index is 11.3. The second-order valence-electron chi connectivity index (χ2n) is 3.47. The highest BCUT2D eigenvalue weighted by atomic mass is 32.1. The predicted molar refractivity (Wildman–Crippen MR) is 64.1 cm³/mol. The molecule has 0 spiro atoms. The molecule has 1 amide bonds. The average molecular weight is 257 g/mol. The minimum Gasteiger partial charge on any atom is -0.479 e. The van der Waals surface area contributed by atoms with Crippen LogP contribution >= 0.6 is 11.3 Å². The molecule has 1 aromatic heterocycles. The highest BCUT2D eigenvalue weighted by molar-refractivity contribution is 7.09. The molecule has 0 unspecified atom stereocenters. The van der Waals surface area contributed by atoms with Crippen LogP contribution in [-0.4, -0.2) is 36.2 Å². The summed E-state index contributed by atoms with van der Waals surface area (Å²) in [5.74, 6) is -1.37. The van der Waals surface area contributed by atoms with Crippen LogP contribution in [0.1, 0.15) is 11.8 Å². The van der Waals surface area contributed by atoms with E-state index in [1.807, 2.05) is 17.5 Å². The second-order valence-corrected chi connectivity index (χ2v) is 4.50. The molecular weight excluding hydrogens is 242 g/mol. The van der Waals surface area contributed by atoms with Crippen molar-refractivity contribution >= 4 is 23.2 Å². The number of carbonyl (C=O) groups is 2. The molecule has 1 aromatic rings. The van der Waals surface area contributed by atoms with Crippen LogP contribution in [0, 0.1) is 0 Å². The average Bonchev–Trinajstić information content (AvgIpc) is 2.78. The van der Waals surface area contributed by atoms with E-state index in [-0.39, 0.29) is 12.5 Å². The monoisotopic (exact) mass is 257 g/mol. The van der Waals surface area contributed by atoms with Gasteiger partial charge in [-0.05, 0) is 24.8 Å². The molecule has 0 saturated carbocycles. The second kappa shape index (κ2) is 7.03. The van der Waals surface area contributed by atoms with E-state index in [2.05, 4.69) is 5.32 Å². The molecule has 6 heteroatoms. The van der Waals surface area contributed by atoms with Gasteiger partial charge in [0.25, 0.3) is 0 Å². The molecule has 17 heavy (non-hydrogen) atoms. The van der Waals surface area contributed by atoms with E-state index >= 15 is 0 Å². The highest BCUT2D eigenvalue weighted by Gasteiger charge is 2.12. The van der Waals surface area contributed by atoms with Gasteiger partial charge in [0.2, 0.25) is 5.91 Å². The van der Waals surface area contributed by atoms with Gasteiger partial charge in [-0.2, -0.15) is 0 Å². The van der Waals surface area contributed by atoms with E-state index in [1.165, 1.54) is 11.8 Å². The van der Waals surface area contributed by atoms with Crippen LogP contribution in [0.3, 0.4) is 0 Å². The summed E-state index contributed by atoms with van der Waals surface area (Å²) in [6.45, 7) is 1.70. The fourth-order valence-corrected chi connectivity index (χ4v) is 1.81. The van der Waals surface area contributed by atoms with Gasteiger partial charge in [-0.3, -0.25) is 4.79 Å². The van der Waals surface area contributed by atoms with Gasteiger partial charge in [0.1, 0.15) is 6.61 Å². The van der Waals surface area contributed by atoms with Gasteiger partial charge in [-0.1, -0.05) is 6.07 Å². The Hall–Kier alpha value is -1.40. The zero-order valence-corrected chi connectivity index (χ0v) is 10.3. The zero-order valence-electron chi connectivity index (χ0n) is 9.51. The van der Waals surface area contributed by atoms with Crippen molar-refractivity contribution in [3.8, 4) is 0 Å². The Morgan fingerprint density at radius 3 is 2.94 bits per heavy atom. The van der Waals surface area contributed by atoms with Crippen LogP contribution in [0.2, 0.25) is 0 Å². The third kappa shape index (κ3) is 5.46. The lowest BCUT2D eigenvalue weighted by molar-refractivity contribution is -0.150. The summed E-state index contributed by atoms with van der Waals surface area (Å²) < 4.78 is 4.84. The lowest BCUT2D eigenvalue weighted by Crippen LogP contribution is -2.32. The number of carboxylic acid groups (broad SMARTS) is 1. The van der Waals surface area contributed by atoms with Crippen molar-refractivity contribution in [1.82, 2.24) is 5.32 Å². The Bertz CT molecular complexity index is 364. The standard InChI is InChI=1S/C11H15NO4S/c1-8(11(14)15)16-7-10(13)12-5-4-9-3-2-6-17-9/h2-3,6,8H,4-5,7H2,1H3,(H,12,13)(H,14,15)/t8-/m1/s1. The highest BCUT2D eigenvalue weighted by Crippen LogP contribution is 2.07. The van der Waals surface area contributed by atoms with E-state index < -0.39 is 12.1 Å². The molecule has 2 N–H and O–H groups in total. The summed E-state index contributed by atoms with van der Waals surface area (Å²) in [7, 11) is 0. The normalized spacial score (nSPS) is 12.1. The zero-order chi connectivity index (χ0) is 12.7. The lowest BCUT2D eigenvalue weighted by atomic mass is 10.3. The number of carbonyl (C=O) groups excluding carboxylic acids is 1. The van der Waals surface area contributed by atoms with Crippen LogP contribution in [0.5, 0.6) is 0 Å². The fraction of sp³-hybridized carbons (Fsp3) is 0.455. The number of aliphatic carboxylic acids is 1. The fourth-order valence-electron chi connectivity index (χ4n) is 1.10. The largest absolute Gasteiger partial charge is 0.479 e. The van der Waals surface area contributed by atoms with Gasteiger partial charge in [-0.25, -0.2) is 4.79 Å². The van der Waals surface area contributed by atoms with Gasteiger partial charge < -0.3 is 15.2 Å². The minimum absolute atomic E-state index is 0.224. The Labute approximate surface area is 103 Å². The smallest absolute Gasteiger partial charge is 0.332 e. The molecule has 5 nitrogen and oxygen atoms in total. The van der Waals surface area contributed by atoms with Gasteiger partial charge in [0.15, 0.2) is 6.10 Å². The molecule has 94 valence electrons. The van der Waals surface area contributed by atoms with E-state index in [4.69, 9.17) is 9.84 Å². The molecule has 0 radical (unpaired) electrons. The molecule has 0 aliphatic carbocycles. The first-order chi connectivity index (χ1) is 8.09. The third-order valence-electron chi connectivity index (χ3n) is 2.09. The Balaban J connectivity index is 2.11. The molecule has 0 saturated heterocycles. The number of nitrogens with one attached hydrogen (secondary N) is 1. The number of carboxylic acids is 1. The van der Waals surface area contributed by atoms with E-state index in [1.54, 1.807) is 11.3 Å². The molecule has 0 bridgehead atoms. The van der Waals surface area contributed by atoms with Crippen molar-refractivity contribution in [3.05, 3.63) is 22.4 Å². The number of hydrogen-bond donors (Lipinski definition) is 2. The van der Waals surface area contributed by atoms with Crippen LogP contribution in [-0.2, 0) is 20.7 Å². The van der Waals surface area contributed by atoms with Crippen molar-refractivity contribution in [3.63, 3.8) is 0 Å². The summed E-state index contributed by atoms with van der Waals surface area (Å²) in [5, 5.41) is 13.2.